The number of aryl methyl sites for hydroxylation is 1. The molecule has 0 aliphatic carbocycles. The average molecular weight is 387 g/mol. The Bertz CT molecular complexity index is 855. The number of piperidine rings is 1. The lowest BCUT2D eigenvalue weighted by Crippen LogP contribution is -2.44. The van der Waals surface area contributed by atoms with Crippen molar-refractivity contribution in [1.29, 1.82) is 0 Å². The minimum absolute atomic E-state index is 0.103. The average Bonchev–Trinajstić information content (AvgIpc) is 2.70. The second kappa shape index (κ2) is 8.82. The standard InChI is InChI=1S/C21H23F2N3O2/c1-14-4-7-17(8-5-14)25-21(28)24-12-15-3-2-10-26(13-15)20(27)16-6-9-18(22)19(23)11-16/h4-9,11,15H,2-3,10,12-13H2,1H3,(H2,24,25,28). The Labute approximate surface area is 162 Å². The number of nitrogens with zero attached hydrogens (tertiary/aromatic N) is 1. The first kappa shape index (κ1) is 19.8. The number of benzene rings is 2. The molecular formula is C21H23F2N3O2. The van der Waals surface area contributed by atoms with Crippen LogP contribution in [0.1, 0.15) is 28.8 Å². The molecule has 0 radical (unpaired) electrons. The highest BCUT2D eigenvalue weighted by Gasteiger charge is 2.25. The van der Waals surface area contributed by atoms with E-state index in [4.69, 9.17) is 0 Å². The molecule has 1 aliphatic heterocycles. The number of hydrogen-bond acceptors (Lipinski definition) is 2. The Morgan fingerprint density at radius 2 is 1.86 bits per heavy atom. The van der Waals surface area contributed by atoms with Crippen LogP contribution in [0.2, 0.25) is 0 Å². The van der Waals surface area contributed by atoms with E-state index in [1.807, 2.05) is 31.2 Å². The van der Waals surface area contributed by atoms with Gasteiger partial charge in [-0.25, -0.2) is 13.6 Å². The molecule has 1 saturated heterocycles. The monoisotopic (exact) mass is 387 g/mol. The van der Waals surface area contributed by atoms with Crippen molar-refractivity contribution in [3.05, 3.63) is 65.2 Å². The predicted octanol–water partition coefficient (Wildman–Crippen LogP) is 3.95. The molecule has 2 aromatic carbocycles. The normalized spacial score (nSPS) is 16.5. The number of halogens is 2. The zero-order chi connectivity index (χ0) is 20.1. The molecule has 1 heterocycles. The lowest BCUT2D eigenvalue weighted by molar-refractivity contribution is 0.0674. The molecule has 1 unspecified atom stereocenters. The highest BCUT2D eigenvalue weighted by atomic mass is 19.2. The number of anilines is 1. The maximum atomic E-state index is 13.4. The van der Waals surface area contributed by atoms with Gasteiger partial charge in [-0.1, -0.05) is 17.7 Å². The van der Waals surface area contributed by atoms with Crippen LogP contribution in [0, 0.1) is 24.5 Å². The van der Waals surface area contributed by atoms with Gasteiger partial charge in [0.2, 0.25) is 0 Å². The van der Waals surface area contributed by atoms with Gasteiger partial charge in [0, 0.05) is 30.9 Å². The minimum Gasteiger partial charge on any atom is -0.338 e. The van der Waals surface area contributed by atoms with E-state index in [1.54, 1.807) is 4.90 Å². The molecule has 28 heavy (non-hydrogen) atoms. The Morgan fingerprint density at radius 3 is 2.57 bits per heavy atom. The van der Waals surface area contributed by atoms with E-state index in [-0.39, 0.29) is 23.4 Å². The van der Waals surface area contributed by atoms with E-state index in [2.05, 4.69) is 10.6 Å². The molecule has 5 nitrogen and oxygen atoms in total. The van der Waals surface area contributed by atoms with Crippen molar-refractivity contribution < 1.29 is 18.4 Å². The molecule has 0 bridgehead atoms. The van der Waals surface area contributed by atoms with E-state index in [9.17, 15) is 18.4 Å². The van der Waals surface area contributed by atoms with Crippen molar-refractivity contribution in [2.45, 2.75) is 19.8 Å². The summed E-state index contributed by atoms with van der Waals surface area (Å²) in [7, 11) is 0. The summed E-state index contributed by atoms with van der Waals surface area (Å²) in [6, 6.07) is 10.4. The molecule has 3 rings (SSSR count). The van der Waals surface area contributed by atoms with Crippen molar-refractivity contribution in [2.75, 3.05) is 25.0 Å². The number of likely N-dealkylation sites (tertiary alicyclic amines) is 1. The number of urea groups is 1. The minimum atomic E-state index is -1.03. The van der Waals surface area contributed by atoms with Gasteiger partial charge in [-0.3, -0.25) is 4.79 Å². The summed E-state index contributed by atoms with van der Waals surface area (Å²) in [5.41, 5.74) is 1.95. The van der Waals surface area contributed by atoms with Gasteiger partial charge in [-0.05, 0) is 56.0 Å². The van der Waals surface area contributed by atoms with Crippen LogP contribution in [0.3, 0.4) is 0 Å². The first-order chi connectivity index (χ1) is 13.4. The number of amides is 3. The molecule has 1 aliphatic rings. The fourth-order valence-electron chi connectivity index (χ4n) is 3.28. The summed E-state index contributed by atoms with van der Waals surface area (Å²) in [5, 5.41) is 5.61. The van der Waals surface area contributed by atoms with Gasteiger partial charge < -0.3 is 15.5 Å². The summed E-state index contributed by atoms with van der Waals surface area (Å²) in [6.07, 6.45) is 1.67. The molecule has 7 heteroatoms. The molecule has 2 N–H and O–H groups in total. The van der Waals surface area contributed by atoms with Crippen LogP contribution in [-0.4, -0.2) is 36.5 Å². The quantitative estimate of drug-likeness (QED) is 0.835. The maximum Gasteiger partial charge on any atom is 0.319 e. The molecule has 0 spiro atoms. The van der Waals surface area contributed by atoms with Crippen molar-refractivity contribution >= 4 is 17.6 Å². The highest BCUT2D eigenvalue weighted by molar-refractivity contribution is 5.94. The summed E-state index contributed by atoms with van der Waals surface area (Å²) in [6.45, 7) is 3.42. The lowest BCUT2D eigenvalue weighted by Gasteiger charge is -2.33. The molecule has 148 valence electrons. The third kappa shape index (κ3) is 5.06. The van der Waals surface area contributed by atoms with Crippen molar-refractivity contribution in [1.82, 2.24) is 10.2 Å². The van der Waals surface area contributed by atoms with Crippen LogP contribution in [0.25, 0.3) is 0 Å². The van der Waals surface area contributed by atoms with Crippen LogP contribution in [0.15, 0.2) is 42.5 Å². The second-order valence-electron chi connectivity index (χ2n) is 7.09. The van der Waals surface area contributed by atoms with Crippen LogP contribution in [0.4, 0.5) is 19.3 Å². The van der Waals surface area contributed by atoms with Gasteiger partial charge in [0.05, 0.1) is 0 Å². The molecule has 1 atom stereocenters. The van der Waals surface area contributed by atoms with E-state index in [0.29, 0.717) is 25.3 Å². The van der Waals surface area contributed by atoms with Crippen LogP contribution in [-0.2, 0) is 0 Å². The molecule has 0 aromatic heterocycles. The van der Waals surface area contributed by atoms with Crippen LogP contribution >= 0.6 is 0 Å². The number of hydrogen-bond donors (Lipinski definition) is 2. The summed E-state index contributed by atoms with van der Waals surface area (Å²) in [4.78, 5) is 26.2. The highest BCUT2D eigenvalue weighted by Crippen LogP contribution is 2.19. The molecule has 2 aromatic rings. The summed E-state index contributed by atoms with van der Waals surface area (Å²) >= 11 is 0. The third-order valence-electron chi connectivity index (χ3n) is 4.83. The molecule has 3 amide bonds. The lowest BCUT2D eigenvalue weighted by atomic mass is 9.97. The fourth-order valence-corrected chi connectivity index (χ4v) is 3.28. The maximum absolute atomic E-state index is 13.4. The van der Waals surface area contributed by atoms with Crippen molar-refractivity contribution in [3.63, 3.8) is 0 Å². The second-order valence-corrected chi connectivity index (χ2v) is 7.09. The van der Waals surface area contributed by atoms with Gasteiger partial charge in [-0.2, -0.15) is 0 Å². The Morgan fingerprint density at radius 1 is 1.11 bits per heavy atom. The smallest absolute Gasteiger partial charge is 0.319 e. The van der Waals surface area contributed by atoms with Crippen molar-refractivity contribution in [3.8, 4) is 0 Å². The van der Waals surface area contributed by atoms with E-state index in [1.165, 1.54) is 6.07 Å². The Hall–Kier alpha value is -2.96. The van der Waals surface area contributed by atoms with Gasteiger partial charge in [0.25, 0.3) is 5.91 Å². The number of rotatable bonds is 4. The van der Waals surface area contributed by atoms with E-state index < -0.39 is 11.6 Å². The summed E-state index contributed by atoms with van der Waals surface area (Å²) < 4.78 is 26.5. The molecule has 0 saturated carbocycles. The predicted molar refractivity (Wildman–Crippen MR) is 103 cm³/mol. The van der Waals surface area contributed by atoms with Gasteiger partial charge >= 0.3 is 6.03 Å². The number of carbonyl (C=O) groups excluding carboxylic acids is 2. The topological polar surface area (TPSA) is 61.4 Å². The number of carbonyl (C=O) groups is 2. The zero-order valence-electron chi connectivity index (χ0n) is 15.7. The van der Waals surface area contributed by atoms with E-state index >= 15 is 0 Å². The Kier molecular flexibility index (Phi) is 6.23. The first-order valence-electron chi connectivity index (χ1n) is 9.28. The molecular weight excluding hydrogens is 364 g/mol. The SMILES string of the molecule is Cc1ccc(NC(=O)NCC2CCCN(C(=O)c3ccc(F)c(F)c3)C2)cc1. The largest absolute Gasteiger partial charge is 0.338 e. The van der Waals surface area contributed by atoms with Gasteiger partial charge in [-0.15, -0.1) is 0 Å². The number of nitrogens with one attached hydrogen (secondary N) is 2. The van der Waals surface area contributed by atoms with Gasteiger partial charge in [0.15, 0.2) is 11.6 Å². The van der Waals surface area contributed by atoms with Crippen LogP contribution in [0.5, 0.6) is 0 Å². The van der Waals surface area contributed by atoms with E-state index in [0.717, 1.165) is 30.5 Å². The van der Waals surface area contributed by atoms with Crippen molar-refractivity contribution in [2.24, 2.45) is 5.92 Å². The summed E-state index contributed by atoms with van der Waals surface area (Å²) in [5.74, 6) is -2.23. The molecule has 1 fully saturated rings. The van der Waals surface area contributed by atoms with Crippen LogP contribution < -0.4 is 10.6 Å². The zero-order valence-corrected chi connectivity index (χ0v) is 15.7. The first-order valence-corrected chi connectivity index (χ1v) is 9.28. The third-order valence-corrected chi connectivity index (χ3v) is 4.83. The Balaban J connectivity index is 1.51. The fraction of sp³-hybridized carbons (Fsp3) is 0.333. The van der Waals surface area contributed by atoms with Gasteiger partial charge in [0.1, 0.15) is 0 Å².